The van der Waals surface area contributed by atoms with Gasteiger partial charge in [0.1, 0.15) is 5.60 Å². The molecule has 13 heteroatoms. The van der Waals surface area contributed by atoms with Crippen molar-refractivity contribution < 1.29 is 35.9 Å². The number of rotatable bonds is 4. The summed E-state index contributed by atoms with van der Waals surface area (Å²) in [4.78, 5) is 24.6. The van der Waals surface area contributed by atoms with Crippen molar-refractivity contribution in [2.45, 2.75) is 90.1 Å². The van der Waals surface area contributed by atoms with Gasteiger partial charge in [0.05, 0.1) is 15.6 Å². The van der Waals surface area contributed by atoms with E-state index in [2.05, 4.69) is 25.9 Å². The van der Waals surface area contributed by atoms with Crippen LogP contribution in [0.3, 0.4) is 0 Å². The van der Waals surface area contributed by atoms with Crippen molar-refractivity contribution in [1.29, 1.82) is 0 Å². The lowest BCUT2D eigenvalue weighted by Gasteiger charge is -2.46. The number of likely N-dealkylation sites (tertiary alicyclic amines) is 1. The van der Waals surface area contributed by atoms with E-state index in [9.17, 15) is 31.1 Å². The molecule has 2 aromatic rings. The fourth-order valence-corrected chi connectivity index (χ4v) is 4.80. The number of carbonyl (C=O) groups is 1. The number of nitrogens with zero attached hydrogens (tertiary/aromatic N) is 4. The van der Waals surface area contributed by atoms with Crippen molar-refractivity contribution in [3.8, 4) is 0 Å². The largest absolute Gasteiger partial charge is 0.444 e. The Labute approximate surface area is 225 Å². The summed E-state index contributed by atoms with van der Waals surface area (Å²) in [6.07, 6.45) is -6.78. The van der Waals surface area contributed by atoms with E-state index < -0.39 is 35.2 Å². The number of aromatic nitrogens is 2. The smallest absolute Gasteiger partial charge is 0.416 e. The Balaban J connectivity index is 1.99. The average Bonchev–Trinajstić information content (AvgIpc) is 2.75. The van der Waals surface area contributed by atoms with E-state index >= 15 is 0 Å². The van der Waals surface area contributed by atoms with Gasteiger partial charge in [0.15, 0.2) is 0 Å². The molecule has 3 rings (SSSR count). The number of hydrogen-bond acceptors (Lipinski definition) is 5. The van der Waals surface area contributed by atoms with Gasteiger partial charge in [-0.2, -0.15) is 26.3 Å². The van der Waals surface area contributed by atoms with Gasteiger partial charge in [0, 0.05) is 37.1 Å². The fraction of sp³-hybridized carbons (Fsp3) is 0.560. The molecule has 1 aliphatic rings. The maximum atomic E-state index is 13.5. The molecule has 1 amide bonds. The lowest BCUT2D eigenvalue weighted by molar-refractivity contribution is -0.143. The molecule has 0 bridgehead atoms. The number of carbonyl (C=O) groups excluding carboxylic acids is 1. The summed E-state index contributed by atoms with van der Waals surface area (Å²) in [7, 11) is 0. The Morgan fingerprint density at radius 1 is 0.974 bits per heavy atom. The van der Waals surface area contributed by atoms with E-state index in [1.807, 2.05) is 13.8 Å². The van der Waals surface area contributed by atoms with Gasteiger partial charge in [-0.05, 0) is 87.2 Å². The Bertz CT molecular complexity index is 1090. The molecule has 1 saturated heterocycles. The quantitative estimate of drug-likeness (QED) is 0.336. The van der Waals surface area contributed by atoms with Crippen molar-refractivity contribution >= 4 is 28.0 Å². The minimum atomic E-state index is -4.96. The standard InChI is InChI=1S/C25H29BrF6N4O2/c1-14-6-20(7-15(2)36(14)22(37)38-23(3,4)5)35(21-33-11-19(26)12-34-21)13-16-8-17(24(27,28)29)10-18(9-16)25(30,31)32/h8-12,14-15,20H,6-7,13H2,1-5H3/t14-,15+,20+. The minimum absolute atomic E-state index is 0.105. The van der Waals surface area contributed by atoms with Crippen molar-refractivity contribution in [3.05, 3.63) is 51.8 Å². The molecule has 0 spiro atoms. The first kappa shape index (κ1) is 30.0. The Kier molecular flexibility index (Phi) is 8.59. The SMILES string of the molecule is C[C@@H]1C[C@H](N(Cc2cc(C(F)(F)F)cc(C(F)(F)F)c2)c2ncc(Br)cn2)C[C@H](C)N1C(=O)OC(C)(C)C. The molecular formula is C25H29BrF6N4O2. The van der Waals surface area contributed by atoms with Crippen LogP contribution in [0.1, 0.15) is 64.2 Å². The van der Waals surface area contributed by atoms with Crippen molar-refractivity contribution in [2.75, 3.05) is 4.90 Å². The van der Waals surface area contributed by atoms with Crippen molar-refractivity contribution in [3.63, 3.8) is 0 Å². The first-order valence-corrected chi connectivity index (χ1v) is 12.7. The molecule has 0 aliphatic carbocycles. The molecule has 38 heavy (non-hydrogen) atoms. The van der Waals surface area contributed by atoms with Crippen LogP contribution in [0.5, 0.6) is 0 Å². The van der Waals surface area contributed by atoms with Gasteiger partial charge >= 0.3 is 18.4 Å². The monoisotopic (exact) mass is 610 g/mol. The summed E-state index contributed by atoms with van der Waals surface area (Å²) in [5, 5.41) is 0. The third-order valence-corrected chi connectivity index (χ3v) is 6.49. The summed E-state index contributed by atoms with van der Waals surface area (Å²) in [6, 6.07) is 0.484. The second kappa shape index (κ2) is 10.9. The van der Waals surface area contributed by atoms with Gasteiger partial charge in [0.2, 0.25) is 5.95 Å². The molecule has 0 unspecified atom stereocenters. The molecule has 1 aromatic heterocycles. The summed E-state index contributed by atoms with van der Waals surface area (Å²) in [6.45, 7) is 8.60. The topological polar surface area (TPSA) is 58.6 Å². The summed E-state index contributed by atoms with van der Waals surface area (Å²) < 4.78 is 86.9. The molecule has 0 saturated carbocycles. The van der Waals surface area contributed by atoms with E-state index in [4.69, 9.17) is 4.74 Å². The molecule has 210 valence electrons. The highest BCUT2D eigenvalue weighted by atomic mass is 79.9. The van der Waals surface area contributed by atoms with Crippen LogP contribution in [0.25, 0.3) is 0 Å². The van der Waals surface area contributed by atoms with Crippen LogP contribution in [0.2, 0.25) is 0 Å². The molecule has 0 radical (unpaired) electrons. The van der Waals surface area contributed by atoms with Crippen LogP contribution in [-0.2, 0) is 23.6 Å². The highest BCUT2D eigenvalue weighted by molar-refractivity contribution is 9.10. The third-order valence-electron chi connectivity index (χ3n) is 6.09. The Morgan fingerprint density at radius 3 is 1.87 bits per heavy atom. The molecule has 6 nitrogen and oxygen atoms in total. The average molecular weight is 611 g/mol. The van der Waals surface area contributed by atoms with Crippen LogP contribution in [0.4, 0.5) is 37.1 Å². The van der Waals surface area contributed by atoms with Gasteiger partial charge in [-0.3, -0.25) is 0 Å². The van der Waals surface area contributed by atoms with E-state index in [1.54, 1.807) is 30.6 Å². The first-order chi connectivity index (χ1) is 17.3. The molecule has 0 N–H and O–H groups in total. The minimum Gasteiger partial charge on any atom is -0.444 e. The number of ether oxygens (including phenoxy) is 1. The first-order valence-electron chi connectivity index (χ1n) is 11.9. The second-order valence-corrected chi connectivity index (χ2v) is 11.4. The number of anilines is 1. The van der Waals surface area contributed by atoms with E-state index in [-0.39, 0.29) is 42.2 Å². The van der Waals surface area contributed by atoms with Crippen molar-refractivity contribution in [1.82, 2.24) is 14.9 Å². The highest BCUT2D eigenvalue weighted by Crippen LogP contribution is 2.38. The predicted molar refractivity (Wildman–Crippen MR) is 132 cm³/mol. The number of alkyl halides is 6. The normalized spacial score (nSPS) is 20.8. The fourth-order valence-electron chi connectivity index (χ4n) is 4.60. The highest BCUT2D eigenvalue weighted by Gasteiger charge is 2.40. The van der Waals surface area contributed by atoms with E-state index in [1.165, 1.54) is 12.4 Å². The molecular weight excluding hydrogens is 582 g/mol. The number of halogens is 7. The molecule has 2 heterocycles. The van der Waals surface area contributed by atoms with Crippen LogP contribution in [-0.4, -0.2) is 44.7 Å². The number of benzene rings is 1. The van der Waals surface area contributed by atoms with Gasteiger partial charge in [-0.15, -0.1) is 0 Å². The van der Waals surface area contributed by atoms with Gasteiger partial charge < -0.3 is 14.5 Å². The summed E-state index contributed by atoms with van der Waals surface area (Å²) in [5.74, 6) is 0.147. The maximum absolute atomic E-state index is 13.5. The predicted octanol–water partition coefficient (Wildman–Crippen LogP) is 7.46. The van der Waals surface area contributed by atoms with Gasteiger partial charge in [0.25, 0.3) is 0 Å². The zero-order valence-corrected chi connectivity index (χ0v) is 23.1. The van der Waals surface area contributed by atoms with Crippen LogP contribution >= 0.6 is 15.9 Å². The van der Waals surface area contributed by atoms with Crippen LogP contribution in [0, 0.1) is 0 Å². The van der Waals surface area contributed by atoms with Gasteiger partial charge in [-0.1, -0.05) is 0 Å². The lowest BCUT2D eigenvalue weighted by Crippen LogP contribution is -2.56. The van der Waals surface area contributed by atoms with E-state index in [0.717, 1.165) is 0 Å². The van der Waals surface area contributed by atoms with Crippen molar-refractivity contribution in [2.24, 2.45) is 0 Å². The lowest BCUT2D eigenvalue weighted by atomic mass is 9.91. The maximum Gasteiger partial charge on any atom is 0.416 e. The zero-order valence-electron chi connectivity index (χ0n) is 21.5. The van der Waals surface area contributed by atoms with Gasteiger partial charge in [-0.25, -0.2) is 14.8 Å². The third kappa shape index (κ3) is 7.51. The zero-order chi connectivity index (χ0) is 28.6. The number of hydrogen-bond donors (Lipinski definition) is 0. The molecule has 3 atom stereocenters. The molecule has 1 fully saturated rings. The summed E-state index contributed by atoms with van der Waals surface area (Å²) in [5.41, 5.74) is -3.67. The number of piperidine rings is 1. The van der Waals surface area contributed by atoms with E-state index in [0.29, 0.717) is 29.4 Å². The number of amides is 1. The molecule has 1 aromatic carbocycles. The van der Waals surface area contributed by atoms with Crippen LogP contribution < -0.4 is 4.90 Å². The second-order valence-electron chi connectivity index (χ2n) is 10.5. The summed E-state index contributed by atoms with van der Waals surface area (Å²) >= 11 is 3.24. The van der Waals surface area contributed by atoms with Crippen LogP contribution in [0.15, 0.2) is 35.1 Å². The Morgan fingerprint density at radius 2 is 1.45 bits per heavy atom. The molecule has 1 aliphatic heterocycles. The Hall–Kier alpha value is -2.57.